The third-order valence-electron chi connectivity index (χ3n) is 4.28. The molecule has 0 saturated heterocycles. The van der Waals surface area contributed by atoms with E-state index in [1.807, 2.05) is 6.92 Å². The van der Waals surface area contributed by atoms with Crippen LogP contribution in [0.2, 0.25) is 0 Å². The Hall–Kier alpha value is -3.22. The minimum absolute atomic E-state index is 0.207. The van der Waals surface area contributed by atoms with Gasteiger partial charge in [0.1, 0.15) is 12.1 Å². The van der Waals surface area contributed by atoms with Crippen LogP contribution in [0, 0.1) is 0 Å². The van der Waals surface area contributed by atoms with E-state index in [1.54, 1.807) is 54.9 Å². The van der Waals surface area contributed by atoms with Gasteiger partial charge in [0.15, 0.2) is 0 Å². The van der Waals surface area contributed by atoms with Gasteiger partial charge in [-0.15, -0.1) is 0 Å². The number of hydrogen-bond donors (Lipinski definition) is 3. The van der Waals surface area contributed by atoms with Gasteiger partial charge in [-0.2, -0.15) is 0 Å². The van der Waals surface area contributed by atoms with Crippen molar-refractivity contribution in [3.8, 4) is 0 Å². The largest absolute Gasteiger partial charge is 0.480 e. The molecule has 2 atom stereocenters. The number of rotatable bonds is 10. The third kappa shape index (κ3) is 6.50. The summed E-state index contributed by atoms with van der Waals surface area (Å²) in [7, 11) is 0. The lowest BCUT2D eigenvalue weighted by Gasteiger charge is -2.21. The fraction of sp³-hybridized carbons (Fsp3) is 0.333. The number of nitrogens with one attached hydrogen (secondary N) is 2. The van der Waals surface area contributed by atoms with Crippen molar-refractivity contribution in [2.75, 3.05) is 0 Å². The summed E-state index contributed by atoms with van der Waals surface area (Å²) in [6.45, 7) is 1.95. The Bertz CT molecular complexity index is 781. The average molecular weight is 383 g/mol. The fourth-order valence-electron chi connectivity index (χ4n) is 2.73. The number of unbranched alkanes of at least 4 members (excludes halogenated alkanes) is 1. The first-order chi connectivity index (χ1) is 13.5. The molecule has 7 heteroatoms. The summed E-state index contributed by atoms with van der Waals surface area (Å²) in [5.74, 6) is -2.02. The Morgan fingerprint density at radius 1 is 1.04 bits per heavy atom. The highest BCUT2D eigenvalue weighted by Gasteiger charge is 2.26. The lowest BCUT2D eigenvalue weighted by Crippen LogP contribution is -2.52. The maximum atomic E-state index is 12.8. The van der Waals surface area contributed by atoms with Crippen molar-refractivity contribution >= 4 is 17.8 Å². The summed E-state index contributed by atoms with van der Waals surface area (Å²) < 4.78 is 0. The van der Waals surface area contributed by atoms with E-state index in [2.05, 4.69) is 15.6 Å². The Labute approximate surface area is 164 Å². The molecule has 0 fully saturated rings. The molecule has 2 rings (SSSR count). The normalized spacial score (nSPS) is 12.6. The number of benzene rings is 1. The molecule has 148 valence electrons. The van der Waals surface area contributed by atoms with E-state index in [4.69, 9.17) is 0 Å². The lowest BCUT2D eigenvalue weighted by atomic mass is 10.0. The molecule has 7 nitrogen and oxygen atoms in total. The summed E-state index contributed by atoms with van der Waals surface area (Å²) in [4.78, 5) is 40.8. The van der Waals surface area contributed by atoms with Gasteiger partial charge in [-0.1, -0.05) is 44.0 Å². The highest BCUT2D eigenvalue weighted by Crippen LogP contribution is 2.07. The number of hydrogen-bond acceptors (Lipinski definition) is 4. The maximum Gasteiger partial charge on any atom is 0.326 e. The van der Waals surface area contributed by atoms with Gasteiger partial charge in [0.25, 0.3) is 5.91 Å². The highest BCUT2D eigenvalue weighted by molar-refractivity contribution is 5.98. The van der Waals surface area contributed by atoms with Crippen molar-refractivity contribution in [3.63, 3.8) is 0 Å². The molecule has 2 unspecified atom stereocenters. The van der Waals surface area contributed by atoms with Crippen molar-refractivity contribution in [1.29, 1.82) is 0 Å². The van der Waals surface area contributed by atoms with Gasteiger partial charge in [-0.25, -0.2) is 4.79 Å². The Kier molecular flexibility index (Phi) is 8.14. The Morgan fingerprint density at radius 2 is 1.79 bits per heavy atom. The zero-order valence-corrected chi connectivity index (χ0v) is 15.8. The van der Waals surface area contributed by atoms with Gasteiger partial charge in [0.05, 0.1) is 0 Å². The monoisotopic (exact) mass is 383 g/mol. The fourth-order valence-corrected chi connectivity index (χ4v) is 2.73. The van der Waals surface area contributed by atoms with Crippen LogP contribution in [-0.2, 0) is 16.0 Å². The van der Waals surface area contributed by atoms with Crippen molar-refractivity contribution in [2.45, 2.75) is 44.7 Å². The number of nitrogens with zero attached hydrogens (tertiary/aromatic N) is 1. The van der Waals surface area contributed by atoms with Gasteiger partial charge in [0, 0.05) is 24.4 Å². The Balaban J connectivity index is 2.15. The minimum atomic E-state index is -1.09. The summed E-state index contributed by atoms with van der Waals surface area (Å²) >= 11 is 0. The zero-order chi connectivity index (χ0) is 20.4. The second-order valence-corrected chi connectivity index (χ2v) is 6.50. The molecule has 0 radical (unpaired) electrons. The van der Waals surface area contributed by atoms with Crippen LogP contribution in [-0.4, -0.2) is 40.0 Å². The van der Waals surface area contributed by atoms with Gasteiger partial charge in [-0.3, -0.25) is 14.6 Å². The van der Waals surface area contributed by atoms with Crippen molar-refractivity contribution in [3.05, 3.63) is 66.0 Å². The van der Waals surface area contributed by atoms with E-state index >= 15 is 0 Å². The molecule has 1 aromatic heterocycles. The number of carboxylic acid groups (broad SMARTS) is 1. The van der Waals surface area contributed by atoms with Gasteiger partial charge < -0.3 is 15.7 Å². The first-order valence-electron chi connectivity index (χ1n) is 9.29. The van der Waals surface area contributed by atoms with E-state index in [9.17, 15) is 19.5 Å². The van der Waals surface area contributed by atoms with E-state index < -0.39 is 29.9 Å². The highest BCUT2D eigenvalue weighted by atomic mass is 16.4. The van der Waals surface area contributed by atoms with E-state index in [1.165, 1.54) is 0 Å². The van der Waals surface area contributed by atoms with Crippen LogP contribution in [0.3, 0.4) is 0 Å². The van der Waals surface area contributed by atoms with Crippen LogP contribution < -0.4 is 10.6 Å². The van der Waals surface area contributed by atoms with Gasteiger partial charge in [-0.05, 0) is 30.2 Å². The molecule has 2 aromatic rings. The van der Waals surface area contributed by atoms with Gasteiger partial charge >= 0.3 is 5.97 Å². The van der Waals surface area contributed by atoms with E-state index in [0.717, 1.165) is 12.0 Å². The van der Waals surface area contributed by atoms with Crippen molar-refractivity contribution < 1.29 is 19.5 Å². The maximum absolute atomic E-state index is 12.8. The van der Waals surface area contributed by atoms with Crippen LogP contribution >= 0.6 is 0 Å². The molecule has 0 aliphatic rings. The number of carboxylic acids is 1. The lowest BCUT2D eigenvalue weighted by molar-refractivity contribution is -0.142. The average Bonchev–Trinajstić information content (AvgIpc) is 2.71. The summed E-state index contributed by atoms with van der Waals surface area (Å²) in [5.41, 5.74) is 1.18. The molecule has 0 spiro atoms. The van der Waals surface area contributed by atoms with E-state index in [-0.39, 0.29) is 6.42 Å². The molecule has 1 aromatic carbocycles. The third-order valence-corrected chi connectivity index (χ3v) is 4.28. The molecule has 0 aliphatic heterocycles. The summed E-state index contributed by atoms with van der Waals surface area (Å²) in [6.07, 6.45) is 5.28. The van der Waals surface area contributed by atoms with Crippen molar-refractivity contribution in [1.82, 2.24) is 15.6 Å². The quantitative estimate of drug-likeness (QED) is 0.583. The molecule has 28 heavy (non-hydrogen) atoms. The molecule has 2 amide bonds. The Morgan fingerprint density at radius 3 is 2.39 bits per heavy atom. The smallest absolute Gasteiger partial charge is 0.326 e. The number of carbonyl (C=O) groups excluding carboxylic acids is 2. The molecule has 1 heterocycles. The van der Waals surface area contributed by atoms with Crippen molar-refractivity contribution in [2.24, 2.45) is 0 Å². The summed E-state index contributed by atoms with van der Waals surface area (Å²) in [5, 5.41) is 14.6. The molecule has 0 bridgehead atoms. The van der Waals surface area contributed by atoms with Crippen LogP contribution in [0.4, 0.5) is 0 Å². The standard InChI is InChI=1S/C21H25N3O4/c1-2-3-11-17(21(27)28)23-20(26)18(13-15-8-7-12-22-14-15)24-19(25)16-9-5-4-6-10-16/h4-10,12,14,17-18H,2-3,11,13H2,1H3,(H,23,26)(H,24,25)(H,27,28). The van der Waals surface area contributed by atoms with Crippen LogP contribution in [0.1, 0.15) is 42.1 Å². The van der Waals surface area contributed by atoms with Crippen LogP contribution in [0.5, 0.6) is 0 Å². The molecule has 0 saturated carbocycles. The number of carbonyl (C=O) groups is 3. The number of pyridine rings is 1. The number of aromatic nitrogens is 1. The molecule has 3 N–H and O–H groups in total. The molecular formula is C21H25N3O4. The predicted octanol–water partition coefficient (Wildman–Crippen LogP) is 2.18. The molecule has 0 aliphatic carbocycles. The zero-order valence-electron chi connectivity index (χ0n) is 15.8. The van der Waals surface area contributed by atoms with Gasteiger partial charge in [0.2, 0.25) is 5.91 Å². The first kappa shape index (κ1) is 21.1. The predicted molar refractivity (Wildman–Crippen MR) is 105 cm³/mol. The van der Waals surface area contributed by atoms with Crippen LogP contribution in [0.25, 0.3) is 0 Å². The number of amides is 2. The van der Waals surface area contributed by atoms with E-state index in [0.29, 0.717) is 18.4 Å². The van der Waals surface area contributed by atoms with Crippen LogP contribution in [0.15, 0.2) is 54.9 Å². The topological polar surface area (TPSA) is 108 Å². The SMILES string of the molecule is CCCCC(NC(=O)C(Cc1cccnc1)NC(=O)c1ccccc1)C(=O)O. The second kappa shape index (κ2) is 10.8. The minimum Gasteiger partial charge on any atom is -0.480 e. The first-order valence-corrected chi connectivity index (χ1v) is 9.29. The molecular weight excluding hydrogens is 358 g/mol. The summed E-state index contributed by atoms with van der Waals surface area (Å²) in [6, 6.07) is 10.2. The number of aliphatic carboxylic acids is 1. The second-order valence-electron chi connectivity index (χ2n) is 6.50.